The molecule has 21 heavy (non-hydrogen) atoms. The van der Waals surface area contributed by atoms with Crippen molar-refractivity contribution in [2.75, 3.05) is 20.1 Å². The third kappa shape index (κ3) is 4.18. The largest absolute Gasteiger partial charge is 0.465 e. The molecular weight excluding hydrogens is 288 g/mol. The molecule has 0 aliphatic heterocycles. The van der Waals surface area contributed by atoms with Crippen LogP contribution in [0.5, 0.6) is 0 Å². The average molecular weight is 314 g/mol. The highest BCUT2D eigenvalue weighted by Gasteiger charge is 2.29. The number of furan rings is 1. The highest BCUT2D eigenvalue weighted by atomic mass is 32.2. The van der Waals surface area contributed by atoms with E-state index >= 15 is 0 Å². The van der Waals surface area contributed by atoms with Crippen molar-refractivity contribution in [1.82, 2.24) is 9.62 Å². The Balaban J connectivity index is 3.09. The van der Waals surface area contributed by atoms with Gasteiger partial charge in [0.15, 0.2) is 0 Å². The van der Waals surface area contributed by atoms with Gasteiger partial charge in [0, 0.05) is 25.7 Å². The summed E-state index contributed by atoms with van der Waals surface area (Å²) < 4.78 is 32.4. The first-order valence-corrected chi connectivity index (χ1v) is 8.67. The minimum Gasteiger partial charge on any atom is -0.465 e. The second kappa shape index (κ2) is 7.77. The van der Waals surface area contributed by atoms with Gasteiger partial charge in [-0.25, -0.2) is 12.7 Å². The van der Waals surface area contributed by atoms with Crippen LogP contribution in [0, 0.1) is 13.8 Å². The van der Waals surface area contributed by atoms with Gasteiger partial charge in [0.25, 0.3) is 0 Å². The zero-order chi connectivity index (χ0) is 16.0. The van der Waals surface area contributed by atoms with Crippen LogP contribution in [-0.2, 0) is 16.6 Å². The molecular formula is C15H26N2O3S. The molecule has 0 fully saturated rings. The van der Waals surface area contributed by atoms with Crippen LogP contribution in [0.4, 0.5) is 0 Å². The molecule has 0 saturated carbocycles. The van der Waals surface area contributed by atoms with Gasteiger partial charge in [-0.1, -0.05) is 13.0 Å². The quantitative estimate of drug-likeness (QED) is 0.562. The molecule has 0 aromatic carbocycles. The summed E-state index contributed by atoms with van der Waals surface area (Å²) in [6, 6.07) is 0. The molecule has 1 rings (SSSR count). The summed E-state index contributed by atoms with van der Waals surface area (Å²) in [5.41, 5.74) is 0.727. The second-order valence-corrected chi connectivity index (χ2v) is 7.04. The van der Waals surface area contributed by atoms with E-state index in [2.05, 4.69) is 11.9 Å². The van der Waals surface area contributed by atoms with Crippen LogP contribution in [0.15, 0.2) is 22.0 Å². The van der Waals surface area contributed by atoms with Gasteiger partial charge in [0.1, 0.15) is 16.4 Å². The van der Waals surface area contributed by atoms with Crippen LogP contribution < -0.4 is 5.32 Å². The lowest BCUT2D eigenvalue weighted by molar-refractivity contribution is 0.456. The summed E-state index contributed by atoms with van der Waals surface area (Å²) in [7, 11) is -1.92. The summed E-state index contributed by atoms with van der Waals surface area (Å²) in [5.74, 6) is 1.11. The van der Waals surface area contributed by atoms with Gasteiger partial charge in [-0.3, -0.25) is 0 Å². The number of nitrogens with one attached hydrogen (secondary N) is 1. The number of hydrogen-bond donors (Lipinski definition) is 1. The van der Waals surface area contributed by atoms with Crippen molar-refractivity contribution >= 4 is 10.0 Å². The Hall–Kier alpha value is -1.11. The summed E-state index contributed by atoms with van der Waals surface area (Å²) in [5, 5.41) is 3.17. The first kappa shape index (κ1) is 17.9. The molecule has 1 aromatic rings. The van der Waals surface area contributed by atoms with E-state index < -0.39 is 10.0 Å². The summed E-state index contributed by atoms with van der Waals surface area (Å²) in [6.45, 7) is 10.9. The first-order chi connectivity index (χ1) is 9.86. The third-order valence-electron chi connectivity index (χ3n) is 3.43. The van der Waals surface area contributed by atoms with Crippen LogP contribution in [0.25, 0.3) is 0 Å². The van der Waals surface area contributed by atoms with Crippen LogP contribution in [0.1, 0.15) is 36.8 Å². The number of sulfonamides is 1. The van der Waals surface area contributed by atoms with Crippen molar-refractivity contribution in [3.05, 3.63) is 29.7 Å². The Kier molecular flexibility index (Phi) is 6.64. The van der Waals surface area contributed by atoms with Gasteiger partial charge in [0.2, 0.25) is 10.0 Å². The fourth-order valence-corrected chi connectivity index (χ4v) is 3.85. The van der Waals surface area contributed by atoms with Gasteiger partial charge in [-0.2, -0.15) is 0 Å². The van der Waals surface area contributed by atoms with Gasteiger partial charge < -0.3 is 9.73 Å². The van der Waals surface area contributed by atoms with Crippen molar-refractivity contribution in [3.8, 4) is 0 Å². The molecule has 1 N–H and O–H groups in total. The molecule has 0 bridgehead atoms. The molecule has 120 valence electrons. The van der Waals surface area contributed by atoms with Crippen molar-refractivity contribution in [1.29, 1.82) is 0 Å². The maximum Gasteiger partial charge on any atom is 0.246 e. The number of nitrogens with zero attached hydrogens (tertiary/aromatic N) is 1. The Morgan fingerprint density at radius 2 is 2.00 bits per heavy atom. The van der Waals surface area contributed by atoms with Crippen molar-refractivity contribution < 1.29 is 12.8 Å². The molecule has 0 aliphatic rings. The molecule has 1 heterocycles. The number of rotatable bonds is 9. The van der Waals surface area contributed by atoms with E-state index in [4.69, 9.17) is 4.42 Å². The minimum absolute atomic E-state index is 0.307. The molecule has 5 nitrogen and oxygen atoms in total. The average Bonchev–Trinajstić information content (AvgIpc) is 2.71. The number of allylic oxidation sites excluding steroid dienone is 1. The van der Waals surface area contributed by atoms with E-state index in [-0.39, 0.29) is 0 Å². The minimum atomic E-state index is -3.53. The van der Waals surface area contributed by atoms with E-state index in [1.807, 2.05) is 6.92 Å². The highest BCUT2D eigenvalue weighted by molar-refractivity contribution is 7.89. The number of aryl methyl sites for hydroxylation is 2. The predicted molar refractivity (Wildman–Crippen MR) is 84.8 cm³/mol. The van der Waals surface area contributed by atoms with Crippen molar-refractivity contribution in [2.45, 2.75) is 45.1 Å². The monoisotopic (exact) mass is 314 g/mol. The lowest BCUT2D eigenvalue weighted by atomic mass is 10.2. The molecule has 0 saturated heterocycles. The maximum atomic E-state index is 12.8. The highest BCUT2D eigenvalue weighted by Crippen LogP contribution is 2.28. The molecule has 0 aliphatic carbocycles. The topological polar surface area (TPSA) is 62.6 Å². The standard InChI is InChI=1S/C15H26N2O3S/c1-6-8-9-10-17(5)21(18,19)15-13(4)20-12(3)14(15)11-16-7-2/h6,16H,1,7-11H2,2-5H3. The fraction of sp³-hybridized carbons (Fsp3) is 0.600. The van der Waals surface area contributed by atoms with E-state index in [0.717, 1.165) is 24.9 Å². The Morgan fingerprint density at radius 1 is 1.33 bits per heavy atom. The van der Waals surface area contributed by atoms with Crippen LogP contribution in [-0.4, -0.2) is 32.9 Å². The van der Waals surface area contributed by atoms with Crippen LogP contribution >= 0.6 is 0 Å². The zero-order valence-electron chi connectivity index (χ0n) is 13.4. The van der Waals surface area contributed by atoms with E-state index in [9.17, 15) is 8.42 Å². The lowest BCUT2D eigenvalue weighted by Crippen LogP contribution is -2.29. The summed E-state index contributed by atoms with van der Waals surface area (Å²) >= 11 is 0. The van der Waals surface area contributed by atoms with Gasteiger partial charge >= 0.3 is 0 Å². The summed E-state index contributed by atoms with van der Waals surface area (Å²) in [4.78, 5) is 0.307. The van der Waals surface area contributed by atoms with Crippen LogP contribution in [0.2, 0.25) is 0 Å². The second-order valence-electron chi connectivity index (χ2n) is 5.06. The Bertz CT molecular complexity index is 576. The van der Waals surface area contributed by atoms with Gasteiger partial charge in [0.05, 0.1) is 0 Å². The molecule has 0 atom stereocenters. The summed E-state index contributed by atoms with van der Waals surface area (Å²) in [6.07, 6.45) is 3.36. The van der Waals surface area contributed by atoms with E-state index in [0.29, 0.717) is 29.5 Å². The number of hydrogen-bond acceptors (Lipinski definition) is 4. The molecule has 1 aromatic heterocycles. The molecule has 0 radical (unpaired) electrons. The molecule has 0 unspecified atom stereocenters. The van der Waals surface area contributed by atoms with E-state index in [1.54, 1.807) is 27.0 Å². The van der Waals surface area contributed by atoms with Gasteiger partial charge in [-0.15, -0.1) is 6.58 Å². The molecule has 0 amide bonds. The normalized spacial score (nSPS) is 12.0. The maximum absolute atomic E-state index is 12.8. The fourth-order valence-electron chi connectivity index (χ4n) is 2.24. The predicted octanol–water partition coefficient (Wildman–Crippen LogP) is 2.59. The smallest absolute Gasteiger partial charge is 0.246 e. The lowest BCUT2D eigenvalue weighted by Gasteiger charge is -2.17. The third-order valence-corrected chi connectivity index (χ3v) is 5.48. The van der Waals surface area contributed by atoms with Crippen molar-refractivity contribution in [3.63, 3.8) is 0 Å². The zero-order valence-corrected chi connectivity index (χ0v) is 14.2. The first-order valence-electron chi connectivity index (χ1n) is 7.23. The van der Waals surface area contributed by atoms with E-state index in [1.165, 1.54) is 4.31 Å². The molecule has 6 heteroatoms. The number of unbranched alkanes of at least 4 members (excludes halogenated alkanes) is 1. The Labute approximate surface area is 128 Å². The Morgan fingerprint density at radius 3 is 2.57 bits per heavy atom. The SMILES string of the molecule is C=CCCCN(C)S(=O)(=O)c1c(C)oc(C)c1CNCC. The molecule has 0 spiro atoms. The van der Waals surface area contributed by atoms with Gasteiger partial charge in [-0.05, 0) is 33.2 Å². The van der Waals surface area contributed by atoms with Crippen LogP contribution in [0.3, 0.4) is 0 Å². The van der Waals surface area contributed by atoms with Crippen molar-refractivity contribution in [2.24, 2.45) is 0 Å².